The fraction of sp³-hybridized carbons (Fsp3) is 0.895. The van der Waals surface area contributed by atoms with Gasteiger partial charge < -0.3 is 35.1 Å². The second-order valence-corrected chi connectivity index (χ2v) is 7.63. The third kappa shape index (κ3) is 8.20. The van der Waals surface area contributed by atoms with Crippen LogP contribution in [-0.4, -0.2) is 73.1 Å². The molecule has 0 aromatic carbocycles. The van der Waals surface area contributed by atoms with Gasteiger partial charge in [-0.15, -0.1) is 0 Å². The van der Waals surface area contributed by atoms with Crippen molar-refractivity contribution in [3.63, 3.8) is 0 Å². The van der Waals surface area contributed by atoms with Gasteiger partial charge in [0, 0.05) is 13.1 Å². The molecular weight excluding hydrogens is 368 g/mol. The molecule has 2 aliphatic rings. The summed E-state index contributed by atoms with van der Waals surface area (Å²) in [5.41, 5.74) is -1.87. The van der Waals surface area contributed by atoms with Crippen LogP contribution in [-0.2, 0) is 14.2 Å². The highest BCUT2D eigenvalue weighted by Crippen LogP contribution is 2.23. The maximum Gasteiger partial charge on any atom is 0.407 e. The van der Waals surface area contributed by atoms with Gasteiger partial charge in [-0.25, -0.2) is 9.59 Å². The maximum atomic E-state index is 11.9. The zero-order valence-electron chi connectivity index (χ0n) is 16.5. The van der Waals surface area contributed by atoms with Crippen LogP contribution >= 0.6 is 0 Å². The normalized spacial score (nSPS) is 29.9. The van der Waals surface area contributed by atoms with Crippen LogP contribution in [0.15, 0.2) is 0 Å². The summed E-state index contributed by atoms with van der Waals surface area (Å²) in [6, 6.07) is 0. The van der Waals surface area contributed by atoms with Crippen LogP contribution in [0.3, 0.4) is 0 Å². The fourth-order valence-electron chi connectivity index (χ4n) is 3.31. The molecular formula is C19H34N2O7. The first-order valence-electron chi connectivity index (χ1n) is 10.3. The summed E-state index contributed by atoms with van der Waals surface area (Å²) < 4.78 is 15.9. The molecule has 0 aromatic heterocycles. The van der Waals surface area contributed by atoms with E-state index in [0.29, 0.717) is 13.1 Å². The van der Waals surface area contributed by atoms with Crippen molar-refractivity contribution < 1.29 is 34.0 Å². The van der Waals surface area contributed by atoms with Crippen molar-refractivity contribution in [2.75, 3.05) is 32.9 Å². The van der Waals surface area contributed by atoms with E-state index in [4.69, 9.17) is 14.2 Å². The van der Waals surface area contributed by atoms with Crippen LogP contribution in [0.5, 0.6) is 0 Å². The summed E-state index contributed by atoms with van der Waals surface area (Å²) >= 11 is 0. The minimum absolute atomic E-state index is 0.00313. The third-order valence-corrected chi connectivity index (χ3v) is 5.21. The molecule has 0 spiro atoms. The molecule has 1 aliphatic heterocycles. The highest BCUT2D eigenvalue weighted by atomic mass is 16.6. The molecule has 2 rings (SSSR count). The summed E-state index contributed by atoms with van der Waals surface area (Å²) in [5.74, 6) is 0. The number of nitrogens with one attached hydrogen (secondary N) is 2. The Kier molecular flexibility index (Phi) is 9.80. The first-order chi connectivity index (χ1) is 13.5. The first-order valence-corrected chi connectivity index (χ1v) is 10.3. The Morgan fingerprint density at radius 3 is 2.14 bits per heavy atom. The number of aliphatic hydroxyl groups excluding tert-OH is 1. The third-order valence-electron chi connectivity index (χ3n) is 5.21. The molecule has 2 atom stereocenters. The van der Waals surface area contributed by atoms with Crippen LogP contribution in [0.4, 0.5) is 9.59 Å². The number of carbonyl (C=O) groups is 2. The van der Waals surface area contributed by atoms with Crippen LogP contribution in [0.2, 0.25) is 0 Å². The molecule has 0 radical (unpaired) electrons. The van der Waals surface area contributed by atoms with E-state index in [9.17, 15) is 19.8 Å². The van der Waals surface area contributed by atoms with Crippen LogP contribution in [0.25, 0.3) is 0 Å². The molecule has 4 N–H and O–H groups in total. The lowest BCUT2D eigenvalue weighted by molar-refractivity contribution is -0.167. The Morgan fingerprint density at radius 2 is 1.50 bits per heavy atom. The Labute approximate surface area is 166 Å². The van der Waals surface area contributed by atoms with Crippen LogP contribution in [0, 0.1) is 0 Å². The summed E-state index contributed by atoms with van der Waals surface area (Å²) in [4.78, 5) is 23.6. The number of carbonyl (C=O) groups excluding carboxylic acids is 2. The van der Waals surface area contributed by atoms with E-state index >= 15 is 0 Å². The highest BCUT2D eigenvalue weighted by molar-refractivity contribution is 5.67. The van der Waals surface area contributed by atoms with Gasteiger partial charge in [0.25, 0.3) is 0 Å². The SMILES string of the molecule is O=C1NCCCCCCNC(=O)OCC(O)(COC2CCCCC2)C(O)CO1. The second kappa shape index (κ2) is 12.1. The van der Waals surface area contributed by atoms with Crippen molar-refractivity contribution in [3.8, 4) is 0 Å². The fourth-order valence-corrected chi connectivity index (χ4v) is 3.31. The Balaban J connectivity index is 1.95. The van der Waals surface area contributed by atoms with Gasteiger partial charge >= 0.3 is 12.2 Å². The zero-order chi connectivity index (χ0) is 20.2. The molecule has 1 saturated heterocycles. The van der Waals surface area contributed by atoms with E-state index in [2.05, 4.69) is 10.6 Å². The second-order valence-electron chi connectivity index (χ2n) is 7.63. The summed E-state index contributed by atoms with van der Waals surface area (Å²) in [6.45, 7) is -0.163. The highest BCUT2D eigenvalue weighted by Gasteiger charge is 2.39. The van der Waals surface area contributed by atoms with Gasteiger partial charge in [0.15, 0.2) is 5.60 Å². The van der Waals surface area contributed by atoms with Crippen molar-refractivity contribution in [2.24, 2.45) is 0 Å². The summed E-state index contributed by atoms with van der Waals surface area (Å²) in [7, 11) is 0. The minimum atomic E-state index is -1.87. The molecule has 2 fully saturated rings. The average Bonchev–Trinajstić information content (AvgIpc) is 2.71. The smallest absolute Gasteiger partial charge is 0.407 e. The molecule has 162 valence electrons. The van der Waals surface area contributed by atoms with E-state index in [1.807, 2.05) is 0 Å². The number of hydrogen-bond donors (Lipinski definition) is 4. The molecule has 28 heavy (non-hydrogen) atoms. The number of hydrogen-bond acceptors (Lipinski definition) is 7. The Morgan fingerprint density at radius 1 is 0.929 bits per heavy atom. The van der Waals surface area contributed by atoms with Crippen molar-refractivity contribution in [2.45, 2.75) is 75.6 Å². The first kappa shape index (κ1) is 22.7. The van der Waals surface area contributed by atoms with E-state index in [1.165, 1.54) is 6.42 Å². The van der Waals surface area contributed by atoms with Crippen molar-refractivity contribution in [3.05, 3.63) is 0 Å². The predicted molar refractivity (Wildman–Crippen MR) is 101 cm³/mol. The number of rotatable bonds is 3. The lowest BCUT2D eigenvalue weighted by Crippen LogP contribution is -2.54. The summed E-state index contributed by atoms with van der Waals surface area (Å²) in [6.07, 6.45) is 5.73. The molecule has 1 saturated carbocycles. The molecule has 9 heteroatoms. The van der Waals surface area contributed by atoms with Gasteiger partial charge in [-0.3, -0.25) is 0 Å². The topological polar surface area (TPSA) is 126 Å². The van der Waals surface area contributed by atoms with E-state index in [0.717, 1.165) is 51.4 Å². The van der Waals surface area contributed by atoms with Gasteiger partial charge in [0.2, 0.25) is 0 Å². The molecule has 0 bridgehead atoms. The van der Waals surface area contributed by atoms with Crippen LogP contribution < -0.4 is 10.6 Å². The number of amides is 2. The van der Waals surface area contributed by atoms with Gasteiger partial charge in [-0.1, -0.05) is 32.1 Å². The standard InChI is InChI=1S/C19H34N2O7/c22-16-12-26-17(23)20-10-6-1-2-7-11-21-18(24)28-14-19(16,25)13-27-15-8-4-3-5-9-15/h15-16,22,25H,1-14H2,(H,20,23)(H,21,24). The number of aliphatic hydroxyl groups is 2. The van der Waals surface area contributed by atoms with Gasteiger partial charge in [0.05, 0.1) is 12.7 Å². The lowest BCUT2D eigenvalue weighted by Gasteiger charge is -2.34. The molecule has 9 nitrogen and oxygen atoms in total. The average molecular weight is 402 g/mol. The van der Waals surface area contributed by atoms with E-state index < -0.39 is 37.1 Å². The van der Waals surface area contributed by atoms with Crippen LogP contribution in [0.1, 0.15) is 57.8 Å². The molecule has 1 heterocycles. The van der Waals surface area contributed by atoms with Crippen molar-refractivity contribution in [1.29, 1.82) is 0 Å². The largest absolute Gasteiger partial charge is 0.447 e. The van der Waals surface area contributed by atoms with Gasteiger partial charge in [-0.2, -0.15) is 0 Å². The van der Waals surface area contributed by atoms with Crippen molar-refractivity contribution in [1.82, 2.24) is 10.6 Å². The maximum absolute atomic E-state index is 11.9. The Hall–Kier alpha value is -1.58. The Bertz CT molecular complexity index is 485. The summed E-state index contributed by atoms with van der Waals surface area (Å²) in [5, 5.41) is 26.6. The van der Waals surface area contributed by atoms with Gasteiger partial charge in [-0.05, 0) is 25.7 Å². The van der Waals surface area contributed by atoms with E-state index in [-0.39, 0.29) is 12.7 Å². The molecule has 2 amide bonds. The molecule has 1 aliphatic carbocycles. The number of ether oxygens (including phenoxy) is 3. The van der Waals surface area contributed by atoms with Crippen molar-refractivity contribution >= 4 is 12.2 Å². The number of cyclic esters (lactones) is 2. The number of alkyl carbamates (subject to hydrolysis) is 2. The zero-order valence-corrected chi connectivity index (χ0v) is 16.5. The monoisotopic (exact) mass is 402 g/mol. The quantitative estimate of drug-likeness (QED) is 0.563. The minimum Gasteiger partial charge on any atom is -0.447 e. The molecule has 0 aromatic rings. The lowest BCUT2D eigenvalue weighted by atomic mass is 9.96. The molecule has 2 unspecified atom stereocenters. The predicted octanol–water partition coefficient (Wildman–Crippen LogP) is 1.45. The van der Waals surface area contributed by atoms with E-state index in [1.54, 1.807) is 0 Å². The van der Waals surface area contributed by atoms with Gasteiger partial charge in [0.1, 0.15) is 19.3 Å².